The lowest BCUT2D eigenvalue weighted by Gasteiger charge is -2.32. The molecule has 0 aromatic carbocycles. The molecule has 0 aromatic heterocycles. The average molecular weight is 334 g/mol. The van der Waals surface area contributed by atoms with Crippen LogP contribution in [-0.2, 0) is 19.1 Å². The number of Topliss-reactive ketones (excluding diaryl/α,β-unsaturated/α-hetero) is 2. The van der Waals surface area contributed by atoms with Gasteiger partial charge in [0.1, 0.15) is 0 Å². The first kappa shape index (κ1) is 17.5. The summed E-state index contributed by atoms with van der Waals surface area (Å²) in [6.07, 6.45) is 0. The van der Waals surface area contributed by atoms with Crippen molar-refractivity contribution in [3.63, 3.8) is 0 Å². The SMILES string of the molecule is CC1=C(CN2CCOCC2)C(=O)C(CN2CCOCC2)=C(C)C1=O. The number of carbonyl (C=O) groups excluding carboxylic acids is 2. The zero-order valence-corrected chi connectivity index (χ0v) is 14.6. The standard InChI is InChI=1S/C18H26N2O4/c1-13-15(11-19-3-7-23-8-4-19)18(22)16(14(2)17(13)21)12-20-5-9-24-10-6-20/h3-12H2,1-2H3. The van der Waals surface area contributed by atoms with Crippen LogP contribution in [0.3, 0.4) is 0 Å². The van der Waals surface area contributed by atoms with E-state index in [9.17, 15) is 9.59 Å². The molecule has 0 unspecified atom stereocenters. The first-order valence-corrected chi connectivity index (χ1v) is 8.67. The van der Waals surface area contributed by atoms with Gasteiger partial charge in [0.15, 0.2) is 11.6 Å². The van der Waals surface area contributed by atoms with Crippen molar-refractivity contribution < 1.29 is 19.1 Å². The second kappa shape index (κ2) is 7.70. The van der Waals surface area contributed by atoms with Gasteiger partial charge in [-0.1, -0.05) is 0 Å². The minimum absolute atomic E-state index is 0.0149. The van der Waals surface area contributed by atoms with E-state index in [4.69, 9.17) is 9.47 Å². The Bertz CT molecular complexity index is 534. The Hall–Kier alpha value is -1.34. The van der Waals surface area contributed by atoms with E-state index in [2.05, 4.69) is 9.80 Å². The lowest BCUT2D eigenvalue weighted by molar-refractivity contribution is -0.117. The maximum Gasteiger partial charge on any atom is 0.188 e. The maximum atomic E-state index is 13.1. The summed E-state index contributed by atoms with van der Waals surface area (Å²) in [5.74, 6) is 0.0590. The van der Waals surface area contributed by atoms with Crippen molar-refractivity contribution in [3.8, 4) is 0 Å². The van der Waals surface area contributed by atoms with E-state index in [1.165, 1.54) is 0 Å². The molecule has 132 valence electrons. The summed E-state index contributed by atoms with van der Waals surface area (Å²) >= 11 is 0. The molecule has 0 bridgehead atoms. The molecule has 6 heteroatoms. The first-order valence-electron chi connectivity index (χ1n) is 8.67. The summed E-state index contributed by atoms with van der Waals surface area (Å²) in [7, 11) is 0. The Balaban J connectivity index is 1.76. The number of hydrogen-bond acceptors (Lipinski definition) is 6. The predicted molar refractivity (Wildman–Crippen MR) is 89.9 cm³/mol. The van der Waals surface area contributed by atoms with Crippen LogP contribution in [0.15, 0.2) is 22.3 Å². The molecule has 2 fully saturated rings. The fourth-order valence-corrected chi connectivity index (χ4v) is 3.42. The highest BCUT2D eigenvalue weighted by Gasteiger charge is 2.32. The van der Waals surface area contributed by atoms with Gasteiger partial charge in [0, 0.05) is 61.6 Å². The number of morpholine rings is 2. The quantitative estimate of drug-likeness (QED) is 0.695. The third kappa shape index (κ3) is 3.67. The Morgan fingerprint density at radius 1 is 0.708 bits per heavy atom. The van der Waals surface area contributed by atoms with Crippen molar-refractivity contribution in [2.24, 2.45) is 0 Å². The lowest BCUT2D eigenvalue weighted by Crippen LogP contribution is -2.42. The van der Waals surface area contributed by atoms with Gasteiger partial charge in [-0.25, -0.2) is 0 Å². The molecule has 0 amide bonds. The number of hydrogen-bond donors (Lipinski definition) is 0. The number of nitrogens with zero attached hydrogens (tertiary/aromatic N) is 2. The van der Waals surface area contributed by atoms with Crippen LogP contribution in [0.5, 0.6) is 0 Å². The van der Waals surface area contributed by atoms with Crippen LogP contribution in [-0.4, -0.2) is 87.1 Å². The van der Waals surface area contributed by atoms with Gasteiger partial charge in [-0.3, -0.25) is 19.4 Å². The molecular weight excluding hydrogens is 308 g/mol. The van der Waals surface area contributed by atoms with E-state index in [-0.39, 0.29) is 11.6 Å². The molecular formula is C18H26N2O4. The number of ketones is 2. The first-order chi connectivity index (χ1) is 11.6. The normalized spacial score (nSPS) is 24.9. The zero-order valence-electron chi connectivity index (χ0n) is 14.6. The Morgan fingerprint density at radius 3 is 1.46 bits per heavy atom. The van der Waals surface area contributed by atoms with Crippen LogP contribution in [0.25, 0.3) is 0 Å². The Kier molecular flexibility index (Phi) is 5.61. The topological polar surface area (TPSA) is 59.1 Å². The van der Waals surface area contributed by atoms with E-state index in [1.54, 1.807) is 13.8 Å². The molecule has 2 saturated heterocycles. The largest absolute Gasteiger partial charge is 0.379 e. The molecule has 0 spiro atoms. The van der Waals surface area contributed by atoms with Gasteiger partial charge in [0.25, 0.3) is 0 Å². The fourth-order valence-electron chi connectivity index (χ4n) is 3.42. The molecule has 0 N–H and O–H groups in total. The van der Waals surface area contributed by atoms with Crippen LogP contribution in [0, 0.1) is 0 Å². The molecule has 0 saturated carbocycles. The average Bonchev–Trinajstić information content (AvgIpc) is 2.62. The maximum absolute atomic E-state index is 13.1. The monoisotopic (exact) mass is 334 g/mol. The number of ether oxygens (including phenoxy) is 2. The zero-order chi connectivity index (χ0) is 17.1. The summed E-state index contributed by atoms with van der Waals surface area (Å²) in [6.45, 7) is 10.6. The molecule has 2 aliphatic heterocycles. The molecule has 3 aliphatic rings. The molecule has 1 aliphatic carbocycles. The fraction of sp³-hybridized carbons (Fsp3) is 0.667. The van der Waals surface area contributed by atoms with Gasteiger partial charge in [-0.05, 0) is 13.8 Å². The number of allylic oxidation sites excluding steroid dienone is 2. The predicted octanol–water partition coefficient (Wildman–Crippen LogP) is 0.436. The van der Waals surface area contributed by atoms with Crippen LogP contribution in [0.4, 0.5) is 0 Å². The third-order valence-electron chi connectivity index (χ3n) is 5.11. The van der Waals surface area contributed by atoms with E-state index < -0.39 is 0 Å². The molecule has 2 heterocycles. The van der Waals surface area contributed by atoms with Crippen molar-refractivity contribution in [1.82, 2.24) is 9.80 Å². The molecule has 0 atom stereocenters. The van der Waals surface area contributed by atoms with E-state index in [0.717, 1.165) is 26.2 Å². The summed E-state index contributed by atoms with van der Waals surface area (Å²) in [6, 6.07) is 0. The second-order valence-electron chi connectivity index (χ2n) is 6.64. The van der Waals surface area contributed by atoms with Crippen molar-refractivity contribution in [2.45, 2.75) is 13.8 Å². The highest BCUT2D eigenvalue weighted by molar-refractivity contribution is 6.25. The van der Waals surface area contributed by atoms with Gasteiger partial charge in [0.2, 0.25) is 0 Å². The second-order valence-corrected chi connectivity index (χ2v) is 6.64. The molecule has 24 heavy (non-hydrogen) atoms. The Morgan fingerprint density at radius 2 is 1.08 bits per heavy atom. The van der Waals surface area contributed by atoms with Crippen LogP contribution < -0.4 is 0 Å². The minimum atomic E-state index is 0.0149. The van der Waals surface area contributed by atoms with Gasteiger partial charge >= 0.3 is 0 Å². The molecule has 0 radical (unpaired) electrons. The lowest BCUT2D eigenvalue weighted by atomic mass is 9.84. The third-order valence-corrected chi connectivity index (χ3v) is 5.11. The van der Waals surface area contributed by atoms with Gasteiger partial charge in [0.05, 0.1) is 26.4 Å². The number of rotatable bonds is 4. The smallest absolute Gasteiger partial charge is 0.188 e. The molecule has 6 nitrogen and oxygen atoms in total. The summed E-state index contributed by atoms with van der Waals surface area (Å²) in [5, 5.41) is 0. The van der Waals surface area contributed by atoms with Crippen molar-refractivity contribution in [2.75, 3.05) is 65.7 Å². The highest BCUT2D eigenvalue weighted by atomic mass is 16.5. The van der Waals surface area contributed by atoms with Gasteiger partial charge < -0.3 is 9.47 Å². The van der Waals surface area contributed by atoms with E-state index in [1.807, 2.05) is 0 Å². The van der Waals surface area contributed by atoms with Crippen LogP contribution >= 0.6 is 0 Å². The van der Waals surface area contributed by atoms with Crippen LogP contribution in [0.1, 0.15) is 13.8 Å². The van der Waals surface area contributed by atoms with Crippen molar-refractivity contribution in [3.05, 3.63) is 22.3 Å². The summed E-state index contributed by atoms with van der Waals surface area (Å²) in [5.41, 5.74) is 2.54. The highest BCUT2D eigenvalue weighted by Crippen LogP contribution is 2.26. The summed E-state index contributed by atoms with van der Waals surface area (Å²) in [4.78, 5) is 30.1. The van der Waals surface area contributed by atoms with Crippen LogP contribution in [0.2, 0.25) is 0 Å². The van der Waals surface area contributed by atoms with Gasteiger partial charge in [-0.2, -0.15) is 0 Å². The Labute approximate surface area is 143 Å². The molecule has 0 aromatic rings. The van der Waals surface area contributed by atoms with E-state index in [0.29, 0.717) is 61.8 Å². The number of carbonyl (C=O) groups is 2. The van der Waals surface area contributed by atoms with Crippen molar-refractivity contribution >= 4 is 11.6 Å². The van der Waals surface area contributed by atoms with Gasteiger partial charge in [-0.15, -0.1) is 0 Å². The summed E-state index contributed by atoms with van der Waals surface area (Å²) < 4.78 is 10.7. The minimum Gasteiger partial charge on any atom is -0.379 e. The van der Waals surface area contributed by atoms with E-state index >= 15 is 0 Å². The van der Waals surface area contributed by atoms with Crippen molar-refractivity contribution in [1.29, 1.82) is 0 Å². The molecule has 3 rings (SSSR count).